The quantitative estimate of drug-likeness (QED) is 0.538. The molecule has 4 aliphatic rings. The molecule has 1 heterocycles. The molecule has 5 heteroatoms. The molecule has 0 spiro atoms. The van der Waals surface area contributed by atoms with E-state index in [0.29, 0.717) is 48.5 Å². The summed E-state index contributed by atoms with van der Waals surface area (Å²) in [5.41, 5.74) is 0.503. The molecule has 0 aromatic carbocycles. The fourth-order valence-corrected chi connectivity index (χ4v) is 9.93. The monoisotopic (exact) mass is 473 g/mol. The summed E-state index contributed by atoms with van der Waals surface area (Å²) >= 11 is 1.69. The van der Waals surface area contributed by atoms with E-state index in [0.717, 1.165) is 25.7 Å². The van der Waals surface area contributed by atoms with Crippen molar-refractivity contribution in [3.8, 4) is 0 Å². The van der Waals surface area contributed by atoms with Gasteiger partial charge < -0.3 is 15.5 Å². The van der Waals surface area contributed by atoms with Gasteiger partial charge in [0.15, 0.2) is 0 Å². The smallest absolute Gasteiger partial charge is 0.220 e. The van der Waals surface area contributed by atoms with Crippen molar-refractivity contribution in [2.75, 3.05) is 0 Å². The number of hydrogen-bond acceptors (Lipinski definition) is 4. The third-order valence-electron chi connectivity index (χ3n) is 11.0. The van der Waals surface area contributed by atoms with Crippen molar-refractivity contribution in [2.24, 2.45) is 46.3 Å². The average Bonchev–Trinajstić information content (AvgIpc) is 3.41. The third kappa shape index (κ3) is 4.10. The Morgan fingerprint density at radius 3 is 2.64 bits per heavy atom. The van der Waals surface area contributed by atoms with E-state index in [-0.39, 0.29) is 28.9 Å². The molecule has 1 amide bonds. The number of nitrogens with one attached hydrogen (secondary N) is 1. The molecule has 1 aromatic rings. The molecular weight excluding hydrogens is 430 g/mol. The second kappa shape index (κ2) is 8.95. The van der Waals surface area contributed by atoms with Crippen LogP contribution in [0.25, 0.3) is 0 Å². The number of aliphatic hydroxyl groups is 2. The van der Waals surface area contributed by atoms with Gasteiger partial charge in [0.2, 0.25) is 5.91 Å². The fraction of sp³-hybridized carbons (Fsp3) is 0.821. The summed E-state index contributed by atoms with van der Waals surface area (Å²) in [6, 6.07) is 4.10. The first-order valence-electron chi connectivity index (χ1n) is 13.4. The first-order chi connectivity index (χ1) is 15.7. The van der Waals surface area contributed by atoms with Gasteiger partial charge in [-0.1, -0.05) is 26.8 Å². The van der Waals surface area contributed by atoms with Gasteiger partial charge in [-0.2, -0.15) is 0 Å². The van der Waals surface area contributed by atoms with E-state index in [2.05, 4.69) is 37.5 Å². The molecule has 4 fully saturated rings. The molecule has 33 heavy (non-hydrogen) atoms. The van der Waals surface area contributed by atoms with Crippen molar-refractivity contribution in [1.82, 2.24) is 5.32 Å². The fourth-order valence-electron chi connectivity index (χ4n) is 9.28. The molecule has 0 unspecified atom stereocenters. The van der Waals surface area contributed by atoms with Crippen LogP contribution in [0.4, 0.5) is 0 Å². The minimum absolute atomic E-state index is 0.172. The number of rotatable bonds is 5. The minimum Gasteiger partial charge on any atom is -0.393 e. The Kier molecular flexibility index (Phi) is 6.46. The second-order valence-corrected chi connectivity index (χ2v) is 13.5. The Balaban J connectivity index is 1.27. The molecule has 4 aliphatic carbocycles. The van der Waals surface area contributed by atoms with E-state index >= 15 is 0 Å². The topological polar surface area (TPSA) is 69.6 Å². The Morgan fingerprint density at radius 2 is 1.88 bits per heavy atom. The van der Waals surface area contributed by atoms with Crippen LogP contribution in [0.15, 0.2) is 17.5 Å². The maximum atomic E-state index is 12.7. The molecule has 4 nitrogen and oxygen atoms in total. The summed E-state index contributed by atoms with van der Waals surface area (Å²) in [4.78, 5) is 13.9. The number of carbonyl (C=O) groups is 1. The van der Waals surface area contributed by atoms with Crippen molar-refractivity contribution in [3.63, 3.8) is 0 Å². The molecule has 4 saturated carbocycles. The SMILES string of the molecule is C[C@H](CC(=O)NCc1cccs1)[C@H]1CC[C@H]2[C@@H]3[C@H](O)C[C@@H]4C[C@H](O)CC[C@]4(C)[C@H]3CC[C@]12C. The zero-order valence-corrected chi connectivity index (χ0v) is 21.4. The Hall–Kier alpha value is -0.910. The van der Waals surface area contributed by atoms with Crippen LogP contribution in [0.2, 0.25) is 0 Å². The zero-order valence-electron chi connectivity index (χ0n) is 20.6. The highest BCUT2D eigenvalue weighted by atomic mass is 32.1. The number of hydrogen-bond donors (Lipinski definition) is 3. The van der Waals surface area contributed by atoms with Crippen LogP contribution in [0, 0.1) is 46.3 Å². The molecule has 0 aliphatic heterocycles. The summed E-state index contributed by atoms with van der Waals surface area (Å²) in [6.45, 7) is 7.88. The maximum Gasteiger partial charge on any atom is 0.220 e. The van der Waals surface area contributed by atoms with Gasteiger partial charge in [-0.05, 0) is 109 Å². The van der Waals surface area contributed by atoms with Gasteiger partial charge in [-0.25, -0.2) is 0 Å². The summed E-state index contributed by atoms with van der Waals surface area (Å²) in [5, 5.41) is 26.9. The molecule has 0 bridgehead atoms. The van der Waals surface area contributed by atoms with Crippen LogP contribution in [0.1, 0.15) is 83.4 Å². The number of fused-ring (bicyclic) bond motifs is 5. The average molecular weight is 474 g/mol. The number of carbonyl (C=O) groups excluding carboxylic acids is 1. The highest BCUT2D eigenvalue weighted by Gasteiger charge is 2.62. The van der Waals surface area contributed by atoms with Crippen LogP contribution >= 0.6 is 11.3 Å². The zero-order chi connectivity index (χ0) is 23.4. The van der Waals surface area contributed by atoms with Gasteiger partial charge >= 0.3 is 0 Å². The molecule has 184 valence electrons. The van der Waals surface area contributed by atoms with Crippen molar-refractivity contribution in [1.29, 1.82) is 0 Å². The van der Waals surface area contributed by atoms with E-state index in [9.17, 15) is 15.0 Å². The lowest BCUT2D eigenvalue weighted by Crippen LogP contribution is -2.58. The summed E-state index contributed by atoms with van der Waals surface area (Å²) in [7, 11) is 0. The van der Waals surface area contributed by atoms with Crippen LogP contribution in [0.5, 0.6) is 0 Å². The van der Waals surface area contributed by atoms with Crippen molar-refractivity contribution >= 4 is 17.2 Å². The van der Waals surface area contributed by atoms with Crippen LogP contribution < -0.4 is 5.32 Å². The van der Waals surface area contributed by atoms with Crippen molar-refractivity contribution in [2.45, 2.75) is 97.3 Å². The second-order valence-electron chi connectivity index (χ2n) is 12.5. The van der Waals surface area contributed by atoms with Gasteiger partial charge in [0, 0.05) is 11.3 Å². The third-order valence-corrected chi connectivity index (χ3v) is 11.8. The largest absolute Gasteiger partial charge is 0.393 e. The minimum atomic E-state index is -0.230. The van der Waals surface area contributed by atoms with E-state index in [4.69, 9.17) is 0 Å². The predicted octanol–water partition coefficient (Wildman–Crippen LogP) is 5.38. The number of thiophene rings is 1. The Morgan fingerprint density at radius 1 is 1.12 bits per heavy atom. The lowest BCUT2D eigenvalue weighted by Gasteiger charge is -2.62. The van der Waals surface area contributed by atoms with Gasteiger partial charge in [-0.3, -0.25) is 4.79 Å². The summed E-state index contributed by atoms with van der Waals surface area (Å²) < 4.78 is 0. The summed E-state index contributed by atoms with van der Waals surface area (Å²) in [5.74, 6) is 3.11. The molecule has 3 N–H and O–H groups in total. The maximum absolute atomic E-state index is 12.7. The van der Waals surface area contributed by atoms with Crippen molar-refractivity contribution < 1.29 is 15.0 Å². The lowest BCUT2D eigenvalue weighted by atomic mass is 9.43. The van der Waals surface area contributed by atoms with Crippen LogP contribution in [-0.2, 0) is 11.3 Å². The van der Waals surface area contributed by atoms with Gasteiger partial charge in [-0.15, -0.1) is 11.3 Å². The molecule has 10 atom stereocenters. The van der Waals surface area contributed by atoms with Gasteiger partial charge in [0.25, 0.3) is 0 Å². The first kappa shape index (κ1) is 23.8. The highest BCUT2D eigenvalue weighted by molar-refractivity contribution is 7.09. The molecule has 0 saturated heterocycles. The Labute approximate surface area is 203 Å². The van der Waals surface area contributed by atoms with E-state index in [1.165, 1.54) is 30.6 Å². The molecule has 1 aromatic heterocycles. The Bertz CT molecular complexity index is 842. The van der Waals surface area contributed by atoms with Crippen molar-refractivity contribution in [3.05, 3.63) is 22.4 Å². The first-order valence-corrected chi connectivity index (χ1v) is 14.3. The van der Waals surface area contributed by atoms with Crippen LogP contribution in [-0.4, -0.2) is 28.3 Å². The van der Waals surface area contributed by atoms with Crippen LogP contribution in [0.3, 0.4) is 0 Å². The van der Waals surface area contributed by atoms with Gasteiger partial charge in [0.05, 0.1) is 18.8 Å². The molecular formula is C28H43NO3S. The van der Waals surface area contributed by atoms with E-state index in [1.54, 1.807) is 11.3 Å². The number of amides is 1. The predicted molar refractivity (Wildman–Crippen MR) is 133 cm³/mol. The molecule has 5 rings (SSSR count). The normalized spacial score (nSPS) is 45.5. The lowest BCUT2D eigenvalue weighted by molar-refractivity contribution is -0.174. The highest BCUT2D eigenvalue weighted by Crippen LogP contribution is 2.68. The standard InChI is InChI=1S/C28H43NO3S/c1-17(13-25(32)29-16-20-5-4-12-33-20)21-6-7-22-26-23(9-11-28(21,22)3)27(2)10-8-19(30)14-18(27)15-24(26)31/h4-5,12,17-19,21-24,26,30-31H,6-11,13-16H2,1-3H3,(H,29,32)/t17-,18+,19-,21-,22+,23+,24-,26+,27+,28-/m1/s1. The van der Waals surface area contributed by atoms with Gasteiger partial charge in [0.1, 0.15) is 0 Å². The van der Waals surface area contributed by atoms with E-state index in [1.807, 2.05) is 6.07 Å². The molecule has 0 radical (unpaired) electrons. The van der Waals surface area contributed by atoms with E-state index < -0.39 is 0 Å². The summed E-state index contributed by atoms with van der Waals surface area (Å²) in [6.07, 6.45) is 8.79. The number of aliphatic hydroxyl groups excluding tert-OH is 2.